The van der Waals surface area contributed by atoms with E-state index in [1.165, 1.54) is 5.56 Å². The number of rotatable bonds is 7. The third kappa shape index (κ3) is 4.75. The lowest BCUT2D eigenvalue weighted by atomic mass is 10.2. The predicted octanol–water partition coefficient (Wildman–Crippen LogP) is 4.53. The maximum absolute atomic E-state index is 12.0. The summed E-state index contributed by atoms with van der Waals surface area (Å²) in [5.41, 5.74) is 6.91. The number of para-hydroxylation sites is 1. The molecule has 0 spiro atoms. The Bertz CT molecular complexity index is 1180. The molecule has 0 saturated heterocycles. The van der Waals surface area contributed by atoms with Crippen molar-refractivity contribution in [3.05, 3.63) is 102 Å². The molecule has 0 aliphatic carbocycles. The zero-order chi connectivity index (χ0) is 20.8. The number of aromatic nitrogens is 1. The highest BCUT2D eigenvalue weighted by Gasteiger charge is 2.07. The van der Waals surface area contributed by atoms with Crippen molar-refractivity contribution in [2.45, 2.75) is 13.5 Å². The minimum atomic E-state index is -0.305. The Kier molecular flexibility index (Phi) is 5.90. The fourth-order valence-corrected chi connectivity index (χ4v) is 3.35. The second-order valence-corrected chi connectivity index (χ2v) is 7.11. The first-order valence-electron chi connectivity index (χ1n) is 9.82. The molecule has 4 aromatic rings. The Morgan fingerprint density at radius 1 is 1.03 bits per heavy atom. The number of hydrogen-bond acceptors (Lipinski definition) is 3. The Balaban J connectivity index is 1.43. The number of ether oxygens (including phenoxy) is 1. The van der Waals surface area contributed by atoms with Gasteiger partial charge < -0.3 is 9.30 Å². The van der Waals surface area contributed by atoms with Gasteiger partial charge >= 0.3 is 0 Å². The molecular weight excluding hydrogens is 374 g/mol. The van der Waals surface area contributed by atoms with Gasteiger partial charge in [-0.3, -0.25) is 4.79 Å². The first-order valence-corrected chi connectivity index (χ1v) is 9.82. The lowest BCUT2D eigenvalue weighted by Crippen LogP contribution is -2.24. The van der Waals surface area contributed by atoms with Crippen molar-refractivity contribution in [3.8, 4) is 5.75 Å². The van der Waals surface area contributed by atoms with Gasteiger partial charge in [-0.05, 0) is 36.2 Å². The van der Waals surface area contributed by atoms with Crippen molar-refractivity contribution in [2.75, 3.05) is 6.61 Å². The second-order valence-electron chi connectivity index (χ2n) is 7.11. The summed E-state index contributed by atoms with van der Waals surface area (Å²) in [5.74, 6) is 0.360. The van der Waals surface area contributed by atoms with Gasteiger partial charge in [-0.2, -0.15) is 5.10 Å². The zero-order valence-corrected chi connectivity index (χ0v) is 16.8. The summed E-state index contributed by atoms with van der Waals surface area (Å²) in [6.45, 7) is 2.66. The van der Waals surface area contributed by atoms with E-state index in [9.17, 15) is 4.79 Å². The van der Waals surface area contributed by atoms with Gasteiger partial charge in [-0.25, -0.2) is 5.43 Å². The third-order valence-corrected chi connectivity index (χ3v) is 4.77. The van der Waals surface area contributed by atoms with E-state index in [-0.39, 0.29) is 12.5 Å². The summed E-state index contributed by atoms with van der Waals surface area (Å²) < 4.78 is 7.69. The minimum Gasteiger partial charge on any atom is -0.484 e. The van der Waals surface area contributed by atoms with Crippen LogP contribution < -0.4 is 10.2 Å². The molecule has 1 N–H and O–H groups in total. The van der Waals surface area contributed by atoms with Gasteiger partial charge in [-0.1, -0.05) is 60.7 Å². The van der Waals surface area contributed by atoms with E-state index in [1.54, 1.807) is 6.21 Å². The second kappa shape index (κ2) is 9.09. The van der Waals surface area contributed by atoms with Crippen molar-refractivity contribution in [1.82, 2.24) is 9.99 Å². The molecule has 5 heteroatoms. The first-order chi connectivity index (χ1) is 14.7. The number of hydrazone groups is 1. The van der Waals surface area contributed by atoms with E-state index in [1.807, 2.05) is 61.5 Å². The highest BCUT2D eigenvalue weighted by molar-refractivity contribution is 5.99. The Hall–Kier alpha value is -3.86. The molecule has 3 aromatic carbocycles. The number of carbonyl (C=O) groups excluding carboxylic acids is 1. The first kappa shape index (κ1) is 19.5. The van der Waals surface area contributed by atoms with Crippen LogP contribution in [0, 0.1) is 6.92 Å². The fourth-order valence-electron chi connectivity index (χ4n) is 3.35. The summed E-state index contributed by atoms with van der Waals surface area (Å²) in [6.07, 6.45) is 3.73. The smallest absolute Gasteiger partial charge is 0.277 e. The van der Waals surface area contributed by atoms with Crippen LogP contribution in [0.2, 0.25) is 0 Å². The molecule has 5 nitrogen and oxygen atoms in total. The molecule has 1 aromatic heterocycles. The number of nitrogens with zero attached hydrogens (tertiary/aromatic N) is 2. The van der Waals surface area contributed by atoms with E-state index in [4.69, 9.17) is 4.74 Å². The molecule has 150 valence electrons. The number of hydrogen-bond donors (Lipinski definition) is 1. The van der Waals surface area contributed by atoms with E-state index < -0.39 is 0 Å². The van der Waals surface area contributed by atoms with Gasteiger partial charge in [-0.15, -0.1) is 0 Å². The van der Waals surface area contributed by atoms with Crippen LogP contribution in [-0.4, -0.2) is 23.3 Å². The van der Waals surface area contributed by atoms with Crippen LogP contribution in [0.25, 0.3) is 10.9 Å². The molecule has 0 radical (unpaired) electrons. The summed E-state index contributed by atoms with van der Waals surface area (Å²) in [6, 6.07) is 26.1. The third-order valence-electron chi connectivity index (χ3n) is 4.77. The molecule has 0 atom stereocenters. The molecule has 0 aliphatic rings. The van der Waals surface area contributed by atoms with Crippen molar-refractivity contribution in [2.24, 2.45) is 5.10 Å². The maximum Gasteiger partial charge on any atom is 0.277 e. The largest absolute Gasteiger partial charge is 0.484 e. The molecule has 4 rings (SSSR count). The number of aryl methyl sites for hydroxylation is 1. The van der Waals surface area contributed by atoms with Crippen LogP contribution in [-0.2, 0) is 11.3 Å². The van der Waals surface area contributed by atoms with Crippen molar-refractivity contribution >= 4 is 23.0 Å². The van der Waals surface area contributed by atoms with Gasteiger partial charge in [0.25, 0.3) is 5.91 Å². The van der Waals surface area contributed by atoms with Crippen LogP contribution in [0.4, 0.5) is 0 Å². The Labute approximate surface area is 175 Å². The number of nitrogens with one attached hydrogen (secondary N) is 1. The van der Waals surface area contributed by atoms with Gasteiger partial charge in [0, 0.05) is 29.2 Å². The number of fused-ring (bicyclic) bond motifs is 1. The van der Waals surface area contributed by atoms with Crippen LogP contribution in [0.15, 0.2) is 90.2 Å². The average Bonchev–Trinajstić information content (AvgIpc) is 3.11. The average molecular weight is 397 g/mol. The zero-order valence-electron chi connectivity index (χ0n) is 16.8. The highest BCUT2D eigenvalue weighted by atomic mass is 16.5. The molecular formula is C25H23N3O2. The summed E-state index contributed by atoms with van der Waals surface area (Å²) in [4.78, 5) is 12.0. The van der Waals surface area contributed by atoms with Crippen LogP contribution in [0.3, 0.4) is 0 Å². The van der Waals surface area contributed by atoms with E-state index in [0.29, 0.717) is 5.75 Å². The van der Waals surface area contributed by atoms with Crippen LogP contribution in [0.5, 0.6) is 5.75 Å². The quantitative estimate of drug-likeness (QED) is 0.368. The number of benzene rings is 3. The number of carbonyl (C=O) groups is 1. The topological polar surface area (TPSA) is 55.6 Å². The van der Waals surface area contributed by atoms with Gasteiger partial charge in [0.05, 0.1) is 6.21 Å². The monoisotopic (exact) mass is 397 g/mol. The lowest BCUT2D eigenvalue weighted by Gasteiger charge is -2.05. The van der Waals surface area contributed by atoms with Crippen molar-refractivity contribution in [1.29, 1.82) is 0 Å². The molecule has 0 saturated carbocycles. The van der Waals surface area contributed by atoms with Crippen LogP contribution >= 0.6 is 0 Å². The van der Waals surface area contributed by atoms with E-state index in [0.717, 1.165) is 28.6 Å². The maximum atomic E-state index is 12.0. The summed E-state index contributed by atoms with van der Waals surface area (Å²) >= 11 is 0. The van der Waals surface area contributed by atoms with E-state index in [2.05, 4.69) is 45.6 Å². The van der Waals surface area contributed by atoms with Crippen molar-refractivity contribution < 1.29 is 9.53 Å². The standard InChI is InChI=1S/C25H23N3O2/c1-19-8-7-11-22(14-19)30-18-25(29)27-26-15-21-17-28(16-20-9-3-2-4-10-20)24-13-6-5-12-23(21)24/h2-15,17H,16,18H2,1H3,(H,27,29)/b26-15+. The molecule has 0 unspecified atom stereocenters. The summed E-state index contributed by atoms with van der Waals surface area (Å²) in [5, 5.41) is 5.21. The SMILES string of the molecule is Cc1cccc(OCC(=O)N/N=C/c2cn(Cc3ccccc3)c3ccccc23)c1. The van der Waals surface area contributed by atoms with E-state index >= 15 is 0 Å². The van der Waals surface area contributed by atoms with Gasteiger partial charge in [0.2, 0.25) is 0 Å². The minimum absolute atomic E-state index is 0.0867. The van der Waals surface area contributed by atoms with Gasteiger partial charge in [0.1, 0.15) is 5.75 Å². The normalized spacial score (nSPS) is 11.1. The molecule has 30 heavy (non-hydrogen) atoms. The predicted molar refractivity (Wildman–Crippen MR) is 120 cm³/mol. The lowest BCUT2D eigenvalue weighted by molar-refractivity contribution is -0.123. The highest BCUT2D eigenvalue weighted by Crippen LogP contribution is 2.21. The van der Waals surface area contributed by atoms with Crippen LogP contribution in [0.1, 0.15) is 16.7 Å². The molecule has 1 heterocycles. The Morgan fingerprint density at radius 2 is 1.83 bits per heavy atom. The van der Waals surface area contributed by atoms with Gasteiger partial charge in [0.15, 0.2) is 6.61 Å². The molecule has 0 fully saturated rings. The molecule has 0 bridgehead atoms. The molecule has 1 amide bonds. The number of amides is 1. The van der Waals surface area contributed by atoms with Crippen molar-refractivity contribution in [3.63, 3.8) is 0 Å². The molecule has 0 aliphatic heterocycles. The summed E-state index contributed by atoms with van der Waals surface area (Å²) in [7, 11) is 0. The Morgan fingerprint density at radius 3 is 2.67 bits per heavy atom. The fraction of sp³-hybridized carbons (Fsp3) is 0.120.